The minimum Gasteiger partial charge on any atom is -0.375 e. The summed E-state index contributed by atoms with van der Waals surface area (Å²) in [4.78, 5) is 45.7. The number of fused-ring (bicyclic) bond motifs is 2. The molecule has 0 saturated carbocycles. The van der Waals surface area contributed by atoms with Gasteiger partial charge in [0.05, 0.1) is 11.3 Å². The van der Waals surface area contributed by atoms with Crippen molar-refractivity contribution in [3.63, 3.8) is 0 Å². The fourth-order valence-electron chi connectivity index (χ4n) is 6.40. The highest BCUT2D eigenvalue weighted by Gasteiger charge is 2.27. The second-order valence-corrected chi connectivity index (χ2v) is 12.7. The summed E-state index contributed by atoms with van der Waals surface area (Å²) in [5.74, 6) is 0.366. The van der Waals surface area contributed by atoms with E-state index >= 15 is 0 Å². The van der Waals surface area contributed by atoms with Gasteiger partial charge in [-0.05, 0) is 66.9 Å². The lowest BCUT2D eigenvalue weighted by Gasteiger charge is -2.30. The number of nitrogens with zero attached hydrogens (tertiary/aromatic N) is 6. The van der Waals surface area contributed by atoms with E-state index in [1.165, 1.54) is 18.2 Å². The monoisotopic (exact) mass is 652 g/mol. The van der Waals surface area contributed by atoms with Gasteiger partial charge in [-0.1, -0.05) is 66.2 Å². The number of carbonyl (C=O) groups is 2. The van der Waals surface area contributed by atoms with Crippen LogP contribution in [0.25, 0.3) is 0 Å². The van der Waals surface area contributed by atoms with Crippen molar-refractivity contribution in [2.75, 3.05) is 63.3 Å². The standard InChI is InChI=1S/C37H41ClN6O3/c1-41-16-8-17-44(35(45)26-47-2)34-14-6-5-12-30(34)25-42(20-19-41)36(46)32-23-39-37(40-33(32)22-27-9-7-13-31(38)21-27)43-18-15-28-10-3-4-11-29(28)24-43/h3-7,9-14,21,23H,8,15-20,22,24-26H2,1-2H3. The fraction of sp³-hybridized carbons (Fsp3) is 0.351. The maximum absolute atomic E-state index is 14.6. The number of halogens is 1. The lowest BCUT2D eigenvalue weighted by Crippen LogP contribution is -2.38. The largest absolute Gasteiger partial charge is 0.375 e. The summed E-state index contributed by atoms with van der Waals surface area (Å²) in [6.45, 7) is 4.40. The van der Waals surface area contributed by atoms with Crippen LogP contribution in [-0.2, 0) is 35.5 Å². The molecule has 4 aromatic rings. The van der Waals surface area contributed by atoms with Gasteiger partial charge < -0.3 is 24.3 Å². The number of methoxy groups -OCH3 is 1. The van der Waals surface area contributed by atoms with E-state index in [4.69, 9.17) is 26.3 Å². The minimum absolute atomic E-state index is 0.00797. The van der Waals surface area contributed by atoms with E-state index in [1.54, 1.807) is 11.1 Å². The summed E-state index contributed by atoms with van der Waals surface area (Å²) < 4.78 is 5.21. The summed E-state index contributed by atoms with van der Waals surface area (Å²) in [5.41, 5.74) is 6.41. The Labute approximate surface area is 281 Å². The quantitative estimate of drug-likeness (QED) is 0.282. The van der Waals surface area contributed by atoms with Crippen LogP contribution >= 0.6 is 11.6 Å². The normalized spacial score (nSPS) is 15.9. The molecule has 10 heteroatoms. The molecule has 0 spiro atoms. The van der Waals surface area contributed by atoms with Gasteiger partial charge in [-0.15, -0.1) is 0 Å². The molecule has 244 valence electrons. The molecule has 6 rings (SSSR count). The van der Waals surface area contributed by atoms with Gasteiger partial charge in [0, 0.05) is 69.7 Å². The Morgan fingerprint density at radius 1 is 0.872 bits per heavy atom. The van der Waals surface area contributed by atoms with Gasteiger partial charge in [0.15, 0.2) is 0 Å². The third kappa shape index (κ3) is 7.81. The molecule has 0 aliphatic carbocycles. The molecule has 0 radical (unpaired) electrons. The molecule has 3 heterocycles. The van der Waals surface area contributed by atoms with Crippen LogP contribution in [0.5, 0.6) is 0 Å². The van der Waals surface area contributed by atoms with E-state index in [0.29, 0.717) is 61.4 Å². The first-order chi connectivity index (χ1) is 22.9. The average Bonchev–Trinajstić information content (AvgIpc) is 3.11. The molecule has 2 amide bonds. The highest BCUT2D eigenvalue weighted by atomic mass is 35.5. The highest BCUT2D eigenvalue weighted by molar-refractivity contribution is 6.30. The molecule has 0 saturated heterocycles. The maximum atomic E-state index is 14.6. The van der Waals surface area contributed by atoms with E-state index in [1.807, 2.05) is 60.5 Å². The van der Waals surface area contributed by atoms with E-state index in [0.717, 1.165) is 42.7 Å². The van der Waals surface area contributed by atoms with Crippen LogP contribution in [0.1, 0.15) is 44.7 Å². The number of benzene rings is 3. The zero-order chi connectivity index (χ0) is 32.8. The second kappa shape index (κ2) is 15.1. The maximum Gasteiger partial charge on any atom is 0.257 e. The SMILES string of the molecule is COCC(=O)N1CCCN(C)CCN(C(=O)c2cnc(N3CCc4ccccc4C3)nc2Cc2cccc(Cl)c2)Cc2ccccc21. The Morgan fingerprint density at radius 2 is 1.66 bits per heavy atom. The minimum atomic E-state index is -0.144. The number of hydrogen-bond donors (Lipinski definition) is 0. The predicted octanol–water partition coefficient (Wildman–Crippen LogP) is 5.24. The van der Waals surface area contributed by atoms with Crippen LogP contribution in [0.15, 0.2) is 79.0 Å². The molecule has 2 aliphatic rings. The molecular formula is C37H41ClN6O3. The number of amides is 2. The van der Waals surface area contributed by atoms with Crippen molar-refractivity contribution >= 4 is 35.1 Å². The summed E-state index contributed by atoms with van der Waals surface area (Å²) in [6, 6.07) is 24.0. The third-order valence-corrected chi connectivity index (χ3v) is 9.17. The zero-order valence-electron chi connectivity index (χ0n) is 27.1. The number of para-hydroxylation sites is 1. The number of likely N-dealkylation sites (N-methyl/N-ethyl adjacent to an activating group) is 1. The van der Waals surface area contributed by atoms with Crippen molar-refractivity contribution in [1.82, 2.24) is 19.8 Å². The van der Waals surface area contributed by atoms with Crippen LogP contribution in [0.3, 0.4) is 0 Å². The van der Waals surface area contributed by atoms with Crippen molar-refractivity contribution in [3.05, 3.63) is 118 Å². The van der Waals surface area contributed by atoms with Crippen LogP contribution in [0.4, 0.5) is 11.6 Å². The summed E-state index contributed by atoms with van der Waals surface area (Å²) in [7, 11) is 3.58. The molecule has 1 aromatic heterocycles. The van der Waals surface area contributed by atoms with E-state index in [2.05, 4.69) is 34.1 Å². The molecule has 47 heavy (non-hydrogen) atoms. The van der Waals surface area contributed by atoms with E-state index in [-0.39, 0.29) is 18.4 Å². The molecule has 3 aromatic carbocycles. The molecule has 0 bridgehead atoms. The van der Waals surface area contributed by atoms with Gasteiger partial charge in [0.1, 0.15) is 6.61 Å². The molecule has 0 N–H and O–H groups in total. The van der Waals surface area contributed by atoms with Crippen molar-refractivity contribution in [2.24, 2.45) is 0 Å². The van der Waals surface area contributed by atoms with Gasteiger partial charge in [-0.3, -0.25) is 9.59 Å². The number of aromatic nitrogens is 2. The first kappa shape index (κ1) is 32.6. The second-order valence-electron chi connectivity index (χ2n) is 12.3. The first-order valence-electron chi connectivity index (χ1n) is 16.2. The summed E-state index contributed by atoms with van der Waals surface area (Å²) in [5, 5.41) is 0.636. The van der Waals surface area contributed by atoms with Crippen molar-refractivity contribution in [1.29, 1.82) is 0 Å². The number of rotatable bonds is 6. The highest BCUT2D eigenvalue weighted by Crippen LogP contribution is 2.27. The molecule has 0 atom stereocenters. The third-order valence-electron chi connectivity index (χ3n) is 8.93. The molecule has 0 unspecified atom stereocenters. The van der Waals surface area contributed by atoms with Crippen LogP contribution in [-0.4, -0.2) is 85.1 Å². The Bertz CT molecular complexity index is 1730. The van der Waals surface area contributed by atoms with Crippen molar-refractivity contribution in [3.8, 4) is 0 Å². The average molecular weight is 653 g/mol. The molecular weight excluding hydrogens is 612 g/mol. The lowest BCUT2D eigenvalue weighted by atomic mass is 10.0. The fourth-order valence-corrected chi connectivity index (χ4v) is 6.61. The Morgan fingerprint density at radius 3 is 2.47 bits per heavy atom. The van der Waals surface area contributed by atoms with Crippen LogP contribution < -0.4 is 9.80 Å². The van der Waals surface area contributed by atoms with Gasteiger partial charge in [0.25, 0.3) is 11.8 Å². The van der Waals surface area contributed by atoms with Gasteiger partial charge >= 0.3 is 0 Å². The summed E-state index contributed by atoms with van der Waals surface area (Å²) >= 11 is 6.37. The van der Waals surface area contributed by atoms with Crippen LogP contribution in [0, 0.1) is 0 Å². The Balaban J connectivity index is 1.36. The zero-order valence-corrected chi connectivity index (χ0v) is 27.8. The van der Waals surface area contributed by atoms with E-state index < -0.39 is 0 Å². The number of anilines is 2. The van der Waals surface area contributed by atoms with Gasteiger partial charge in [-0.25, -0.2) is 9.97 Å². The topological polar surface area (TPSA) is 82.1 Å². The first-order valence-corrected chi connectivity index (χ1v) is 16.5. The predicted molar refractivity (Wildman–Crippen MR) is 185 cm³/mol. The molecule has 0 fully saturated rings. The van der Waals surface area contributed by atoms with Crippen molar-refractivity contribution < 1.29 is 14.3 Å². The Kier molecular flexibility index (Phi) is 10.5. The van der Waals surface area contributed by atoms with Crippen molar-refractivity contribution in [2.45, 2.75) is 32.4 Å². The smallest absolute Gasteiger partial charge is 0.257 e. The van der Waals surface area contributed by atoms with Gasteiger partial charge in [-0.2, -0.15) is 0 Å². The lowest BCUT2D eigenvalue weighted by molar-refractivity contribution is -0.122. The molecule has 9 nitrogen and oxygen atoms in total. The van der Waals surface area contributed by atoms with E-state index in [9.17, 15) is 9.59 Å². The Hall–Kier alpha value is -4.31. The number of carbonyl (C=O) groups excluding carboxylic acids is 2. The van der Waals surface area contributed by atoms with Crippen LogP contribution in [0.2, 0.25) is 5.02 Å². The number of ether oxygens (including phenoxy) is 1. The van der Waals surface area contributed by atoms with Gasteiger partial charge in [0.2, 0.25) is 5.95 Å². The number of hydrogen-bond acceptors (Lipinski definition) is 7. The summed E-state index contributed by atoms with van der Waals surface area (Å²) in [6.07, 6.45) is 3.84. The molecule has 2 aliphatic heterocycles.